The molecule has 0 radical (unpaired) electrons. The molecule has 0 aromatic heterocycles. The normalized spacial score (nSPS) is 19.4. The third-order valence-electron chi connectivity index (χ3n) is 1.93. The number of carbonyl (C=O) groups excluding carboxylic acids is 1. The van der Waals surface area contributed by atoms with E-state index >= 15 is 0 Å². The molecule has 0 amide bonds. The van der Waals surface area contributed by atoms with E-state index in [0.717, 1.165) is 18.3 Å². The molecule has 1 nitrogen and oxygen atoms in total. The minimum Gasteiger partial charge on any atom is -0.298 e. The largest absolute Gasteiger partial charge is 0.298 e. The molecule has 0 bridgehead atoms. The minimum atomic E-state index is 0.832. The molecule has 0 aliphatic heterocycles. The van der Waals surface area contributed by atoms with Crippen LogP contribution in [0.2, 0.25) is 0 Å². The molecular formula is C10H14O. The van der Waals surface area contributed by atoms with E-state index in [2.05, 4.69) is 6.08 Å². The van der Waals surface area contributed by atoms with Crippen molar-refractivity contribution in [3.8, 4) is 0 Å². The highest BCUT2D eigenvalue weighted by Gasteiger charge is 2.00. The van der Waals surface area contributed by atoms with E-state index in [1.54, 1.807) is 0 Å². The van der Waals surface area contributed by atoms with Crippen molar-refractivity contribution in [2.75, 3.05) is 0 Å². The summed E-state index contributed by atoms with van der Waals surface area (Å²) in [7, 11) is 0. The van der Waals surface area contributed by atoms with Crippen molar-refractivity contribution in [1.82, 2.24) is 0 Å². The third-order valence-corrected chi connectivity index (χ3v) is 1.93. The first-order chi connectivity index (χ1) is 5.33. The van der Waals surface area contributed by atoms with E-state index < -0.39 is 0 Å². The maximum atomic E-state index is 10.3. The van der Waals surface area contributed by atoms with Crippen molar-refractivity contribution in [1.29, 1.82) is 0 Å². The first-order valence-electron chi connectivity index (χ1n) is 4.15. The zero-order chi connectivity index (χ0) is 8.10. The summed E-state index contributed by atoms with van der Waals surface area (Å²) in [6.45, 7) is 1.85. The van der Waals surface area contributed by atoms with E-state index in [1.165, 1.54) is 24.8 Å². The fourth-order valence-corrected chi connectivity index (χ4v) is 1.32. The van der Waals surface area contributed by atoms with Gasteiger partial charge in [-0.25, -0.2) is 0 Å². The van der Waals surface area contributed by atoms with E-state index in [4.69, 9.17) is 0 Å². The van der Waals surface area contributed by atoms with Crippen molar-refractivity contribution in [3.05, 3.63) is 23.3 Å². The number of hydrogen-bond donors (Lipinski definition) is 0. The van der Waals surface area contributed by atoms with Gasteiger partial charge in [-0.05, 0) is 38.2 Å². The average Bonchev–Trinajstić information content (AvgIpc) is 2.06. The third kappa shape index (κ3) is 2.71. The van der Waals surface area contributed by atoms with Crippen LogP contribution >= 0.6 is 0 Å². The van der Waals surface area contributed by atoms with Crippen molar-refractivity contribution in [2.24, 2.45) is 0 Å². The Morgan fingerprint density at radius 1 is 1.55 bits per heavy atom. The number of carbonyl (C=O) groups is 1. The van der Waals surface area contributed by atoms with Gasteiger partial charge in [0.05, 0.1) is 0 Å². The molecule has 1 aliphatic rings. The lowest BCUT2D eigenvalue weighted by Crippen LogP contribution is -1.89. The molecule has 0 spiro atoms. The van der Waals surface area contributed by atoms with Crippen LogP contribution in [0.5, 0.6) is 0 Å². The fraction of sp³-hybridized carbons (Fsp3) is 0.500. The van der Waals surface area contributed by atoms with Gasteiger partial charge in [-0.3, -0.25) is 4.79 Å². The summed E-state index contributed by atoms with van der Waals surface area (Å²) in [4.78, 5) is 10.3. The topological polar surface area (TPSA) is 17.1 Å². The number of aldehydes is 1. The molecule has 60 valence electrons. The summed E-state index contributed by atoms with van der Waals surface area (Å²) < 4.78 is 0. The zero-order valence-corrected chi connectivity index (χ0v) is 6.97. The first-order valence-corrected chi connectivity index (χ1v) is 4.15. The van der Waals surface area contributed by atoms with Gasteiger partial charge in [0.15, 0.2) is 0 Å². The number of rotatable bonds is 2. The van der Waals surface area contributed by atoms with E-state index in [-0.39, 0.29) is 0 Å². The molecule has 0 unspecified atom stereocenters. The summed E-state index contributed by atoms with van der Waals surface area (Å²) >= 11 is 0. The zero-order valence-electron chi connectivity index (χ0n) is 6.97. The van der Waals surface area contributed by atoms with Crippen molar-refractivity contribution in [3.63, 3.8) is 0 Å². The lowest BCUT2D eigenvalue weighted by Gasteiger charge is -2.08. The number of hydrogen-bond acceptors (Lipinski definition) is 1. The molecule has 0 saturated heterocycles. The molecule has 0 atom stereocenters. The Morgan fingerprint density at radius 3 is 2.91 bits per heavy atom. The van der Waals surface area contributed by atoms with E-state index in [1.807, 2.05) is 13.0 Å². The summed E-state index contributed by atoms with van der Waals surface area (Å²) in [6, 6.07) is 0. The van der Waals surface area contributed by atoms with E-state index in [9.17, 15) is 4.79 Å². The highest BCUT2D eigenvalue weighted by Crippen LogP contribution is 2.18. The van der Waals surface area contributed by atoms with Crippen molar-refractivity contribution < 1.29 is 4.79 Å². The molecule has 0 aromatic carbocycles. The Balaban J connectivity index is 2.59. The Morgan fingerprint density at radius 2 is 2.36 bits per heavy atom. The van der Waals surface area contributed by atoms with Crippen LogP contribution in [0.1, 0.15) is 32.6 Å². The van der Waals surface area contributed by atoms with Crippen LogP contribution in [0.25, 0.3) is 0 Å². The highest BCUT2D eigenvalue weighted by molar-refractivity contribution is 5.73. The van der Waals surface area contributed by atoms with Crippen LogP contribution in [0.4, 0.5) is 0 Å². The molecule has 0 aromatic rings. The predicted octanol–water partition coefficient (Wildman–Crippen LogP) is 2.63. The van der Waals surface area contributed by atoms with E-state index in [0.29, 0.717) is 0 Å². The predicted molar refractivity (Wildman–Crippen MR) is 46.4 cm³/mol. The Bertz CT molecular complexity index is 199. The summed E-state index contributed by atoms with van der Waals surface area (Å²) in [6.07, 6.45) is 10.0. The Hall–Kier alpha value is -0.850. The maximum absolute atomic E-state index is 10.3. The minimum absolute atomic E-state index is 0.832. The maximum Gasteiger partial charge on any atom is 0.145 e. The molecule has 1 rings (SSSR count). The summed E-state index contributed by atoms with van der Waals surface area (Å²) in [5.41, 5.74) is 2.17. The van der Waals surface area contributed by atoms with Gasteiger partial charge in [-0.15, -0.1) is 0 Å². The monoisotopic (exact) mass is 150 g/mol. The first kappa shape index (κ1) is 8.25. The Labute approximate surface area is 67.8 Å². The van der Waals surface area contributed by atoms with Gasteiger partial charge in [-0.2, -0.15) is 0 Å². The van der Waals surface area contributed by atoms with Gasteiger partial charge in [-0.1, -0.05) is 17.7 Å². The van der Waals surface area contributed by atoms with Gasteiger partial charge in [0.1, 0.15) is 6.29 Å². The summed E-state index contributed by atoms with van der Waals surface area (Å²) in [5, 5.41) is 0. The highest BCUT2D eigenvalue weighted by atomic mass is 16.1. The second kappa shape index (κ2) is 4.12. The molecular weight excluding hydrogens is 136 g/mol. The van der Waals surface area contributed by atoms with Crippen molar-refractivity contribution >= 4 is 6.29 Å². The van der Waals surface area contributed by atoms with Crippen LogP contribution < -0.4 is 0 Å². The second-order valence-corrected chi connectivity index (χ2v) is 3.03. The molecule has 0 heterocycles. The lowest BCUT2D eigenvalue weighted by molar-refractivity contribution is -0.104. The van der Waals surface area contributed by atoms with Gasteiger partial charge >= 0.3 is 0 Å². The lowest BCUT2D eigenvalue weighted by atomic mass is 9.98. The molecule has 1 aliphatic carbocycles. The van der Waals surface area contributed by atoms with Crippen LogP contribution in [0.15, 0.2) is 23.3 Å². The molecule has 0 N–H and O–H groups in total. The van der Waals surface area contributed by atoms with Crippen molar-refractivity contribution in [2.45, 2.75) is 32.6 Å². The molecule has 11 heavy (non-hydrogen) atoms. The second-order valence-electron chi connectivity index (χ2n) is 3.03. The SMILES string of the molecule is C/C(C=O)=C\C1=CCCCC1. The quantitative estimate of drug-likeness (QED) is 0.437. The summed E-state index contributed by atoms with van der Waals surface area (Å²) in [5.74, 6) is 0. The average molecular weight is 150 g/mol. The van der Waals surface area contributed by atoms with Crippen LogP contribution in [-0.4, -0.2) is 6.29 Å². The van der Waals surface area contributed by atoms with Gasteiger partial charge < -0.3 is 0 Å². The van der Waals surface area contributed by atoms with Gasteiger partial charge in [0.2, 0.25) is 0 Å². The smallest absolute Gasteiger partial charge is 0.145 e. The molecule has 0 fully saturated rings. The van der Waals surface area contributed by atoms with Gasteiger partial charge in [0.25, 0.3) is 0 Å². The standard InChI is InChI=1S/C10H14O/c1-9(8-11)7-10-5-3-2-4-6-10/h5,7-8H,2-4,6H2,1H3/b9-7+. The fourth-order valence-electron chi connectivity index (χ4n) is 1.32. The van der Waals surface area contributed by atoms with Crippen LogP contribution in [-0.2, 0) is 4.79 Å². The van der Waals surface area contributed by atoms with Crippen LogP contribution in [0, 0.1) is 0 Å². The Kier molecular flexibility index (Phi) is 3.09. The number of allylic oxidation sites excluding steroid dienone is 4. The molecule has 0 saturated carbocycles. The molecule has 1 heteroatoms. The van der Waals surface area contributed by atoms with Gasteiger partial charge in [0, 0.05) is 0 Å². The van der Waals surface area contributed by atoms with Crippen LogP contribution in [0.3, 0.4) is 0 Å².